The van der Waals surface area contributed by atoms with Gasteiger partial charge in [-0.15, -0.1) is 0 Å². The van der Waals surface area contributed by atoms with Crippen molar-refractivity contribution in [2.45, 2.75) is 11.3 Å². The fourth-order valence-electron chi connectivity index (χ4n) is 1.26. The number of hydrogen-bond donors (Lipinski definition) is 2. The minimum Gasteiger partial charge on any atom is -0.326 e. The molecule has 0 fully saturated rings. The first-order chi connectivity index (χ1) is 5.79. The molecular weight excluding hydrogens is 174 g/mol. The Labute approximate surface area is 74.0 Å². The number of rotatable bonds is 1. The summed E-state index contributed by atoms with van der Waals surface area (Å²) in [5, 5.41) is 2.72. The molecule has 0 aliphatic carbocycles. The number of amides is 1. The molecular formula is C8H7NO2S. The minimum absolute atomic E-state index is 0.0186. The molecule has 0 spiro atoms. The van der Waals surface area contributed by atoms with E-state index < -0.39 is 0 Å². The van der Waals surface area contributed by atoms with Crippen LogP contribution in [0.4, 0.5) is 5.69 Å². The quantitative estimate of drug-likeness (QED) is 0.649. The third kappa shape index (κ3) is 1.19. The Morgan fingerprint density at radius 2 is 2.33 bits per heavy atom. The van der Waals surface area contributed by atoms with Gasteiger partial charge in [-0.3, -0.25) is 4.79 Å². The molecule has 1 amide bonds. The topological polar surface area (TPSA) is 49.3 Å². The molecule has 0 radical (unpaired) electrons. The molecule has 3 nitrogen and oxygen atoms in total. The molecule has 1 aromatic rings. The highest BCUT2D eigenvalue weighted by Gasteiger charge is 2.17. The van der Waals surface area contributed by atoms with Crippen LogP contribution in [0.25, 0.3) is 0 Å². The average molecular weight is 181 g/mol. The standard InChI is InChI=1S/C8H7NO2S/c10-8-4-5-3-6(12-11)1-2-7(5)9-8/h1-3,11H,4H2,(H,9,10). The first-order valence-electron chi connectivity index (χ1n) is 3.54. The second-order valence-electron chi connectivity index (χ2n) is 2.64. The summed E-state index contributed by atoms with van der Waals surface area (Å²) in [5.41, 5.74) is 1.82. The van der Waals surface area contributed by atoms with Gasteiger partial charge in [-0.05, 0) is 23.8 Å². The summed E-state index contributed by atoms with van der Waals surface area (Å²) >= 11 is 0.697. The SMILES string of the molecule is O=C1Cc2cc(SO)ccc2N1. The second-order valence-corrected chi connectivity index (χ2v) is 3.29. The number of anilines is 1. The Hall–Kier alpha value is -1.00. The van der Waals surface area contributed by atoms with Gasteiger partial charge in [-0.2, -0.15) is 0 Å². The lowest BCUT2D eigenvalue weighted by Gasteiger charge is -1.98. The van der Waals surface area contributed by atoms with Gasteiger partial charge >= 0.3 is 0 Å². The molecule has 0 unspecified atom stereocenters. The number of carbonyl (C=O) groups excluding carboxylic acids is 1. The Morgan fingerprint density at radius 3 is 3.08 bits per heavy atom. The third-order valence-corrected chi connectivity index (χ3v) is 2.27. The maximum atomic E-state index is 10.9. The van der Waals surface area contributed by atoms with Crippen LogP contribution in [0.2, 0.25) is 0 Å². The highest BCUT2D eigenvalue weighted by Crippen LogP contribution is 2.26. The molecule has 2 N–H and O–H groups in total. The minimum atomic E-state index is 0.0186. The molecule has 4 heteroatoms. The van der Waals surface area contributed by atoms with E-state index in [1.165, 1.54) is 0 Å². The molecule has 0 atom stereocenters. The van der Waals surface area contributed by atoms with Gasteiger partial charge in [-0.1, -0.05) is 0 Å². The van der Waals surface area contributed by atoms with Crippen LogP contribution in [-0.2, 0) is 11.2 Å². The highest BCUT2D eigenvalue weighted by molar-refractivity contribution is 7.93. The molecule has 1 heterocycles. The molecule has 1 aliphatic rings. The van der Waals surface area contributed by atoms with Crippen molar-refractivity contribution in [3.05, 3.63) is 23.8 Å². The van der Waals surface area contributed by atoms with Gasteiger partial charge in [0.25, 0.3) is 0 Å². The van der Waals surface area contributed by atoms with Gasteiger partial charge in [0.1, 0.15) is 0 Å². The van der Waals surface area contributed by atoms with E-state index in [0.29, 0.717) is 18.5 Å². The number of benzene rings is 1. The van der Waals surface area contributed by atoms with E-state index in [-0.39, 0.29) is 5.91 Å². The van der Waals surface area contributed by atoms with Crippen LogP contribution in [0.1, 0.15) is 5.56 Å². The number of nitrogens with one attached hydrogen (secondary N) is 1. The molecule has 0 bridgehead atoms. The van der Waals surface area contributed by atoms with E-state index in [1.807, 2.05) is 6.07 Å². The fourth-order valence-corrected chi connectivity index (χ4v) is 1.59. The molecule has 0 saturated carbocycles. The number of fused-ring (bicyclic) bond motifs is 1. The molecule has 0 aromatic heterocycles. The lowest BCUT2D eigenvalue weighted by molar-refractivity contribution is -0.115. The lowest BCUT2D eigenvalue weighted by atomic mass is 10.2. The zero-order chi connectivity index (χ0) is 8.55. The third-order valence-electron chi connectivity index (χ3n) is 1.81. The average Bonchev–Trinajstić information content (AvgIpc) is 2.43. The predicted octanol–water partition coefficient (Wildman–Crippen LogP) is 1.75. The number of carbonyl (C=O) groups is 1. The highest BCUT2D eigenvalue weighted by atomic mass is 32.2. The molecule has 2 rings (SSSR count). The molecule has 62 valence electrons. The Bertz CT molecular complexity index is 338. The van der Waals surface area contributed by atoms with Crippen molar-refractivity contribution in [3.8, 4) is 0 Å². The van der Waals surface area contributed by atoms with Crippen molar-refractivity contribution in [3.63, 3.8) is 0 Å². The second kappa shape index (κ2) is 2.80. The first kappa shape index (κ1) is 7.64. The van der Waals surface area contributed by atoms with E-state index in [1.54, 1.807) is 12.1 Å². The van der Waals surface area contributed by atoms with E-state index in [9.17, 15) is 4.79 Å². The van der Waals surface area contributed by atoms with Crippen molar-refractivity contribution in [2.75, 3.05) is 5.32 Å². The van der Waals surface area contributed by atoms with Crippen LogP contribution in [0, 0.1) is 0 Å². The van der Waals surface area contributed by atoms with Gasteiger partial charge in [0, 0.05) is 22.6 Å². The zero-order valence-electron chi connectivity index (χ0n) is 6.20. The Kier molecular flexibility index (Phi) is 1.78. The Morgan fingerprint density at radius 1 is 1.50 bits per heavy atom. The zero-order valence-corrected chi connectivity index (χ0v) is 7.02. The first-order valence-corrected chi connectivity index (χ1v) is 4.31. The van der Waals surface area contributed by atoms with Crippen LogP contribution < -0.4 is 5.32 Å². The van der Waals surface area contributed by atoms with Crippen molar-refractivity contribution in [2.24, 2.45) is 0 Å². The van der Waals surface area contributed by atoms with Crippen LogP contribution in [0.5, 0.6) is 0 Å². The van der Waals surface area contributed by atoms with Crippen molar-refractivity contribution in [1.29, 1.82) is 0 Å². The fraction of sp³-hybridized carbons (Fsp3) is 0.125. The van der Waals surface area contributed by atoms with Gasteiger partial charge in [0.2, 0.25) is 5.91 Å². The van der Waals surface area contributed by atoms with Gasteiger partial charge in [-0.25, -0.2) is 0 Å². The summed E-state index contributed by atoms with van der Waals surface area (Å²) in [6.45, 7) is 0. The molecule has 0 saturated heterocycles. The van der Waals surface area contributed by atoms with E-state index in [4.69, 9.17) is 4.55 Å². The molecule has 1 aliphatic heterocycles. The largest absolute Gasteiger partial charge is 0.326 e. The smallest absolute Gasteiger partial charge is 0.228 e. The monoisotopic (exact) mass is 181 g/mol. The number of hydrogen-bond acceptors (Lipinski definition) is 3. The van der Waals surface area contributed by atoms with Crippen LogP contribution in [0.15, 0.2) is 23.1 Å². The molecule has 1 aromatic carbocycles. The van der Waals surface area contributed by atoms with Gasteiger partial charge in [0.05, 0.1) is 6.42 Å². The van der Waals surface area contributed by atoms with Crippen molar-refractivity contribution < 1.29 is 9.35 Å². The summed E-state index contributed by atoms with van der Waals surface area (Å²) in [5.74, 6) is 0.0186. The maximum Gasteiger partial charge on any atom is 0.228 e. The van der Waals surface area contributed by atoms with Gasteiger partial charge < -0.3 is 9.87 Å². The predicted molar refractivity (Wildman–Crippen MR) is 47.3 cm³/mol. The lowest BCUT2D eigenvalue weighted by Crippen LogP contribution is -2.03. The van der Waals surface area contributed by atoms with Crippen molar-refractivity contribution in [1.82, 2.24) is 0 Å². The summed E-state index contributed by atoms with van der Waals surface area (Å²) in [6, 6.07) is 5.39. The van der Waals surface area contributed by atoms with Crippen molar-refractivity contribution >= 4 is 23.6 Å². The van der Waals surface area contributed by atoms with Gasteiger partial charge in [0.15, 0.2) is 0 Å². The van der Waals surface area contributed by atoms with Crippen LogP contribution >= 0.6 is 12.0 Å². The summed E-state index contributed by atoms with van der Waals surface area (Å²) in [4.78, 5) is 11.7. The van der Waals surface area contributed by atoms with E-state index >= 15 is 0 Å². The molecule has 12 heavy (non-hydrogen) atoms. The normalized spacial score (nSPS) is 14.2. The summed E-state index contributed by atoms with van der Waals surface area (Å²) in [7, 11) is 0. The van der Waals surface area contributed by atoms with Crippen LogP contribution in [-0.4, -0.2) is 10.5 Å². The van der Waals surface area contributed by atoms with E-state index in [0.717, 1.165) is 16.1 Å². The van der Waals surface area contributed by atoms with E-state index in [2.05, 4.69) is 5.32 Å². The van der Waals surface area contributed by atoms with Crippen LogP contribution in [0.3, 0.4) is 0 Å². The Balaban J connectivity index is 2.41. The maximum absolute atomic E-state index is 10.9. The summed E-state index contributed by atoms with van der Waals surface area (Å²) < 4.78 is 8.75. The summed E-state index contributed by atoms with van der Waals surface area (Å²) in [6.07, 6.45) is 0.420.